The van der Waals surface area contributed by atoms with Gasteiger partial charge in [0.2, 0.25) is 10.0 Å². The number of nitrogens with zero attached hydrogens (tertiary/aromatic N) is 2. The number of amidine groups is 1. The van der Waals surface area contributed by atoms with Crippen LogP contribution in [0.5, 0.6) is 0 Å². The van der Waals surface area contributed by atoms with Crippen molar-refractivity contribution in [2.45, 2.75) is 18.2 Å². The molecule has 0 atom stereocenters. The number of hydrogen-bond donors (Lipinski definition) is 1. The predicted octanol–water partition coefficient (Wildman–Crippen LogP) is 2.83. The van der Waals surface area contributed by atoms with Crippen molar-refractivity contribution in [1.29, 1.82) is 0 Å². The van der Waals surface area contributed by atoms with Gasteiger partial charge in [0.25, 0.3) is 5.91 Å². The Kier molecular flexibility index (Phi) is 5.46. The van der Waals surface area contributed by atoms with Gasteiger partial charge in [0, 0.05) is 11.6 Å². The lowest BCUT2D eigenvalue weighted by atomic mass is 10.1. The lowest BCUT2D eigenvalue weighted by molar-refractivity contribution is -0.122. The standard InChI is InChI=1S/C19H18ClN3O3S/c1-13-22-18(12-15-4-2-3-5-17(15)20)19(24)23(13)11-10-14-6-8-16(9-7-14)27(21,25)26/h2-9,12H,10-11H2,1H3,(H2,21,25,26)/b18-12-. The van der Waals surface area contributed by atoms with Gasteiger partial charge in [-0.1, -0.05) is 41.9 Å². The molecule has 2 aromatic carbocycles. The Bertz CT molecular complexity index is 1040. The number of primary sulfonamides is 1. The molecule has 0 fully saturated rings. The SMILES string of the molecule is CC1=N/C(=C\c2ccccc2Cl)C(=O)N1CCc1ccc(S(N)(=O)=O)cc1. The van der Waals surface area contributed by atoms with E-state index in [0.29, 0.717) is 29.5 Å². The maximum absolute atomic E-state index is 12.6. The van der Waals surface area contributed by atoms with Crippen LogP contribution in [0, 0.1) is 0 Å². The Morgan fingerprint density at radius 2 is 1.81 bits per heavy atom. The van der Waals surface area contributed by atoms with E-state index >= 15 is 0 Å². The van der Waals surface area contributed by atoms with E-state index in [4.69, 9.17) is 16.7 Å². The van der Waals surface area contributed by atoms with Gasteiger partial charge in [-0.2, -0.15) is 0 Å². The molecule has 0 radical (unpaired) electrons. The summed E-state index contributed by atoms with van der Waals surface area (Å²) in [5.74, 6) is 0.424. The van der Waals surface area contributed by atoms with Crippen LogP contribution in [0.25, 0.3) is 6.08 Å². The number of amides is 1. The van der Waals surface area contributed by atoms with E-state index in [0.717, 1.165) is 11.1 Å². The van der Waals surface area contributed by atoms with E-state index < -0.39 is 10.0 Å². The van der Waals surface area contributed by atoms with Crippen molar-refractivity contribution in [2.75, 3.05) is 6.54 Å². The van der Waals surface area contributed by atoms with Crippen molar-refractivity contribution < 1.29 is 13.2 Å². The normalized spacial score (nSPS) is 16.1. The van der Waals surface area contributed by atoms with Gasteiger partial charge in [-0.05, 0) is 48.7 Å². The summed E-state index contributed by atoms with van der Waals surface area (Å²) in [6.07, 6.45) is 2.23. The fraction of sp³-hybridized carbons (Fsp3) is 0.158. The van der Waals surface area contributed by atoms with Gasteiger partial charge in [0.15, 0.2) is 0 Å². The summed E-state index contributed by atoms with van der Waals surface area (Å²) in [7, 11) is -3.71. The van der Waals surface area contributed by atoms with Crippen molar-refractivity contribution in [3.05, 3.63) is 70.4 Å². The molecule has 8 heteroatoms. The number of aliphatic imine (C=N–C) groups is 1. The molecular weight excluding hydrogens is 386 g/mol. The molecule has 2 aromatic rings. The van der Waals surface area contributed by atoms with Gasteiger partial charge in [-0.3, -0.25) is 9.69 Å². The summed E-state index contributed by atoms with van der Waals surface area (Å²) in [6.45, 7) is 2.21. The van der Waals surface area contributed by atoms with Crippen LogP contribution in [0.3, 0.4) is 0 Å². The largest absolute Gasteiger partial charge is 0.295 e. The molecule has 0 unspecified atom stereocenters. The predicted molar refractivity (Wildman–Crippen MR) is 106 cm³/mol. The molecule has 0 saturated heterocycles. The first-order valence-corrected chi connectivity index (χ1v) is 10.1. The zero-order valence-corrected chi connectivity index (χ0v) is 16.2. The van der Waals surface area contributed by atoms with Crippen LogP contribution in [0.2, 0.25) is 5.02 Å². The molecular formula is C19H18ClN3O3S. The first kappa shape index (κ1) is 19.3. The number of halogens is 1. The molecule has 1 aliphatic heterocycles. The van der Waals surface area contributed by atoms with Crippen molar-refractivity contribution >= 4 is 39.4 Å². The molecule has 2 N–H and O–H groups in total. The van der Waals surface area contributed by atoms with Crippen molar-refractivity contribution in [3.8, 4) is 0 Å². The van der Waals surface area contributed by atoms with E-state index in [1.165, 1.54) is 12.1 Å². The van der Waals surface area contributed by atoms with Crippen LogP contribution < -0.4 is 5.14 Å². The third-order valence-corrected chi connectivity index (χ3v) is 5.48. The number of rotatable bonds is 5. The van der Waals surface area contributed by atoms with Gasteiger partial charge >= 0.3 is 0 Å². The molecule has 0 aliphatic carbocycles. The minimum Gasteiger partial charge on any atom is -0.295 e. The molecule has 27 heavy (non-hydrogen) atoms. The van der Waals surface area contributed by atoms with Crippen LogP contribution in [0.15, 0.2) is 64.1 Å². The Labute approximate surface area is 163 Å². The van der Waals surface area contributed by atoms with Crippen molar-refractivity contribution in [3.63, 3.8) is 0 Å². The highest BCUT2D eigenvalue weighted by atomic mass is 35.5. The monoisotopic (exact) mass is 403 g/mol. The van der Waals surface area contributed by atoms with Gasteiger partial charge in [-0.25, -0.2) is 18.5 Å². The number of sulfonamides is 1. The number of carbonyl (C=O) groups is 1. The first-order valence-electron chi connectivity index (χ1n) is 8.21. The lowest BCUT2D eigenvalue weighted by Crippen LogP contribution is -2.32. The number of carbonyl (C=O) groups excluding carboxylic acids is 1. The van der Waals surface area contributed by atoms with Gasteiger partial charge in [-0.15, -0.1) is 0 Å². The Balaban J connectivity index is 1.71. The fourth-order valence-corrected chi connectivity index (χ4v) is 3.46. The molecule has 1 heterocycles. The molecule has 140 valence electrons. The van der Waals surface area contributed by atoms with E-state index in [1.807, 2.05) is 18.2 Å². The molecule has 3 rings (SSSR count). The molecule has 6 nitrogen and oxygen atoms in total. The second-order valence-corrected chi connectivity index (χ2v) is 8.07. The van der Waals surface area contributed by atoms with Crippen LogP contribution in [0.4, 0.5) is 0 Å². The molecule has 0 bridgehead atoms. The molecule has 1 aliphatic rings. The highest BCUT2D eigenvalue weighted by Gasteiger charge is 2.27. The van der Waals surface area contributed by atoms with Gasteiger partial charge < -0.3 is 0 Å². The second kappa shape index (κ2) is 7.64. The summed E-state index contributed by atoms with van der Waals surface area (Å²) in [5.41, 5.74) is 1.97. The summed E-state index contributed by atoms with van der Waals surface area (Å²) in [4.78, 5) is 18.6. The summed E-state index contributed by atoms with van der Waals surface area (Å²) < 4.78 is 22.6. The molecule has 0 aromatic heterocycles. The fourth-order valence-electron chi connectivity index (χ4n) is 2.75. The maximum Gasteiger partial charge on any atom is 0.277 e. The Hall–Kier alpha value is -2.48. The quantitative estimate of drug-likeness (QED) is 0.778. The van der Waals surface area contributed by atoms with Crippen LogP contribution in [-0.2, 0) is 21.2 Å². The van der Waals surface area contributed by atoms with Gasteiger partial charge in [0.05, 0.1) is 4.90 Å². The van der Waals surface area contributed by atoms with Crippen LogP contribution in [-0.4, -0.2) is 31.6 Å². The Morgan fingerprint density at radius 1 is 1.15 bits per heavy atom. The van der Waals surface area contributed by atoms with E-state index in [-0.39, 0.29) is 10.8 Å². The average molecular weight is 404 g/mol. The zero-order chi connectivity index (χ0) is 19.6. The van der Waals surface area contributed by atoms with E-state index in [1.54, 1.807) is 36.1 Å². The number of nitrogens with two attached hydrogens (primary N) is 1. The number of hydrogen-bond acceptors (Lipinski definition) is 4. The van der Waals surface area contributed by atoms with E-state index in [9.17, 15) is 13.2 Å². The highest BCUT2D eigenvalue weighted by Crippen LogP contribution is 2.23. The third-order valence-electron chi connectivity index (χ3n) is 4.21. The van der Waals surface area contributed by atoms with Crippen molar-refractivity contribution in [1.82, 2.24) is 4.90 Å². The number of benzene rings is 2. The molecule has 1 amide bonds. The second-order valence-electron chi connectivity index (χ2n) is 6.11. The average Bonchev–Trinajstić information content (AvgIpc) is 2.88. The van der Waals surface area contributed by atoms with Gasteiger partial charge in [0.1, 0.15) is 11.5 Å². The highest BCUT2D eigenvalue weighted by molar-refractivity contribution is 7.89. The van der Waals surface area contributed by atoms with Crippen molar-refractivity contribution in [2.24, 2.45) is 10.1 Å². The van der Waals surface area contributed by atoms with E-state index in [2.05, 4.69) is 4.99 Å². The van der Waals surface area contributed by atoms with Crippen LogP contribution >= 0.6 is 11.6 Å². The summed E-state index contributed by atoms with van der Waals surface area (Å²) in [5, 5.41) is 5.65. The van der Waals surface area contributed by atoms with Crippen LogP contribution in [0.1, 0.15) is 18.1 Å². The minimum atomic E-state index is -3.71. The maximum atomic E-state index is 12.6. The summed E-state index contributed by atoms with van der Waals surface area (Å²) in [6, 6.07) is 13.5. The topological polar surface area (TPSA) is 92.8 Å². The molecule has 0 spiro atoms. The molecule has 0 saturated carbocycles. The Morgan fingerprint density at radius 3 is 2.44 bits per heavy atom. The first-order chi connectivity index (χ1) is 12.8. The zero-order valence-electron chi connectivity index (χ0n) is 14.6. The lowest BCUT2D eigenvalue weighted by Gasteiger charge is -2.15. The smallest absolute Gasteiger partial charge is 0.277 e. The third kappa shape index (κ3) is 4.44. The minimum absolute atomic E-state index is 0.0613. The summed E-state index contributed by atoms with van der Waals surface area (Å²) >= 11 is 6.14.